The van der Waals surface area contributed by atoms with Gasteiger partial charge < -0.3 is 9.42 Å². The largest absolute Gasteiger partial charge is 0.371 e. The topological polar surface area (TPSA) is 42.2 Å². The second-order valence-corrected chi connectivity index (χ2v) is 5.14. The number of nitrogens with zero attached hydrogens (tertiary/aromatic N) is 3. The fraction of sp³-hybridized carbons (Fsp3) is 0.429. The summed E-state index contributed by atoms with van der Waals surface area (Å²) >= 11 is 0. The number of anilines is 1. The molecule has 1 aliphatic rings. The first-order chi connectivity index (χ1) is 9.13. The summed E-state index contributed by atoms with van der Waals surface area (Å²) in [6, 6.07) is 5.19. The van der Waals surface area contributed by atoms with Gasteiger partial charge in [-0.15, -0.1) is 0 Å². The molecule has 1 aliphatic heterocycles. The number of aryl methyl sites for hydroxylation is 1. The molecule has 0 aliphatic carbocycles. The molecule has 1 atom stereocenters. The Morgan fingerprint density at radius 2 is 2.26 bits per heavy atom. The fourth-order valence-corrected chi connectivity index (χ4v) is 2.46. The standard InChI is InChI=1S/C14H16FN3O/c1-9-5-6-18(8-9)11-3-4-12(13(15)7-11)14-16-10(2)19-17-14/h3-4,7,9H,5-6,8H2,1-2H3/t9-/m1/s1. The van der Waals surface area contributed by atoms with Gasteiger partial charge >= 0.3 is 0 Å². The molecule has 0 radical (unpaired) electrons. The van der Waals surface area contributed by atoms with Crippen molar-refractivity contribution in [3.8, 4) is 11.4 Å². The number of benzene rings is 1. The summed E-state index contributed by atoms with van der Waals surface area (Å²) in [5, 5.41) is 3.75. The zero-order valence-corrected chi connectivity index (χ0v) is 11.1. The van der Waals surface area contributed by atoms with Crippen LogP contribution in [0.2, 0.25) is 0 Å². The van der Waals surface area contributed by atoms with Crippen molar-refractivity contribution in [1.82, 2.24) is 10.1 Å². The van der Waals surface area contributed by atoms with Gasteiger partial charge in [0, 0.05) is 25.7 Å². The van der Waals surface area contributed by atoms with Gasteiger partial charge in [-0.3, -0.25) is 0 Å². The third kappa shape index (κ3) is 2.32. The zero-order valence-electron chi connectivity index (χ0n) is 11.1. The Morgan fingerprint density at radius 1 is 1.42 bits per heavy atom. The smallest absolute Gasteiger partial charge is 0.223 e. The van der Waals surface area contributed by atoms with Crippen LogP contribution < -0.4 is 4.90 Å². The highest BCUT2D eigenvalue weighted by atomic mass is 19.1. The summed E-state index contributed by atoms with van der Waals surface area (Å²) in [5.41, 5.74) is 1.30. The molecular weight excluding hydrogens is 245 g/mol. The molecule has 4 nitrogen and oxygen atoms in total. The van der Waals surface area contributed by atoms with E-state index in [1.54, 1.807) is 19.1 Å². The Kier molecular flexibility index (Phi) is 2.97. The van der Waals surface area contributed by atoms with Crippen molar-refractivity contribution in [1.29, 1.82) is 0 Å². The van der Waals surface area contributed by atoms with Crippen LogP contribution >= 0.6 is 0 Å². The molecule has 19 heavy (non-hydrogen) atoms. The van der Waals surface area contributed by atoms with Gasteiger partial charge in [0.05, 0.1) is 5.56 Å². The Labute approximate surface area is 111 Å². The molecule has 2 aromatic rings. The van der Waals surface area contributed by atoms with Crippen LogP contribution in [-0.4, -0.2) is 23.2 Å². The normalized spacial score (nSPS) is 19.1. The highest BCUT2D eigenvalue weighted by Gasteiger charge is 2.20. The molecule has 0 spiro atoms. The van der Waals surface area contributed by atoms with Crippen molar-refractivity contribution >= 4 is 5.69 Å². The highest BCUT2D eigenvalue weighted by molar-refractivity contribution is 5.61. The Bertz CT molecular complexity index is 596. The minimum Gasteiger partial charge on any atom is -0.371 e. The molecule has 5 heteroatoms. The van der Waals surface area contributed by atoms with E-state index >= 15 is 0 Å². The number of rotatable bonds is 2. The third-order valence-electron chi connectivity index (χ3n) is 3.51. The van der Waals surface area contributed by atoms with Crippen molar-refractivity contribution in [2.75, 3.05) is 18.0 Å². The Hall–Kier alpha value is -1.91. The molecule has 2 heterocycles. The molecule has 1 aromatic carbocycles. The minimum atomic E-state index is -0.308. The van der Waals surface area contributed by atoms with Crippen molar-refractivity contribution in [2.24, 2.45) is 5.92 Å². The number of hydrogen-bond donors (Lipinski definition) is 0. The first kappa shape index (κ1) is 12.1. The van der Waals surface area contributed by atoms with E-state index in [0.29, 0.717) is 23.2 Å². The summed E-state index contributed by atoms with van der Waals surface area (Å²) in [4.78, 5) is 6.26. The zero-order chi connectivity index (χ0) is 13.4. The Balaban J connectivity index is 1.90. The fourth-order valence-electron chi connectivity index (χ4n) is 2.46. The second-order valence-electron chi connectivity index (χ2n) is 5.14. The van der Waals surface area contributed by atoms with E-state index in [9.17, 15) is 4.39 Å². The van der Waals surface area contributed by atoms with Crippen LogP contribution in [0.15, 0.2) is 22.7 Å². The van der Waals surface area contributed by atoms with E-state index in [2.05, 4.69) is 22.0 Å². The summed E-state index contributed by atoms with van der Waals surface area (Å²) in [7, 11) is 0. The molecule has 0 saturated carbocycles. The molecule has 100 valence electrons. The van der Waals surface area contributed by atoms with Gasteiger partial charge in [-0.05, 0) is 30.5 Å². The van der Waals surface area contributed by atoms with Gasteiger partial charge in [0.25, 0.3) is 0 Å². The van der Waals surface area contributed by atoms with Crippen LogP contribution in [0.4, 0.5) is 10.1 Å². The van der Waals surface area contributed by atoms with Crippen molar-refractivity contribution < 1.29 is 8.91 Å². The summed E-state index contributed by atoms with van der Waals surface area (Å²) in [6.07, 6.45) is 1.16. The van der Waals surface area contributed by atoms with Crippen LogP contribution in [0.3, 0.4) is 0 Å². The summed E-state index contributed by atoms with van der Waals surface area (Å²) in [6.45, 7) is 5.88. The van der Waals surface area contributed by atoms with Crippen LogP contribution in [0.5, 0.6) is 0 Å². The van der Waals surface area contributed by atoms with Gasteiger partial charge in [0.1, 0.15) is 5.82 Å². The maximum Gasteiger partial charge on any atom is 0.223 e. The number of aromatic nitrogens is 2. The molecule has 1 fully saturated rings. The van der Waals surface area contributed by atoms with Gasteiger partial charge in [-0.25, -0.2) is 4.39 Å². The molecule has 0 unspecified atom stereocenters. The summed E-state index contributed by atoms with van der Waals surface area (Å²) in [5.74, 6) is 1.10. The average Bonchev–Trinajstić information content (AvgIpc) is 2.98. The summed E-state index contributed by atoms with van der Waals surface area (Å²) < 4.78 is 19.0. The van der Waals surface area contributed by atoms with E-state index < -0.39 is 0 Å². The SMILES string of the molecule is Cc1nc(-c2ccc(N3CC[C@@H](C)C3)cc2F)no1. The lowest BCUT2D eigenvalue weighted by atomic mass is 10.1. The third-order valence-corrected chi connectivity index (χ3v) is 3.51. The van der Waals surface area contributed by atoms with Crippen LogP contribution in [0.1, 0.15) is 19.2 Å². The second kappa shape index (κ2) is 4.64. The Morgan fingerprint density at radius 3 is 2.84 bits per heavy atom. The van der Waals surface area contributed by atoms with Crippen LogP contribution in [0.25, 0.3) is 11.4 Å². The van der Waals surface area contributed by atoms with Crippen LogP contribution in [-0.2, 0) is 0 Å². The van der Waals surface area contributed by atoms with Gasteiger partial charge in [-0.2, -0.15) is 4.98 Å². The van der Waals surface area contributed by atoms with Crippen molar-refractivity contribution in [3.63, 3.8) is 0 Å². The van der Waals surface area contributed by atoms with Gasteiger partial charge in [0.2, 0.25) is 11.7 Å². The molecule has 0 bridgehead atoms. The highest BCUT2D eigenvalue weighted by Crippen LogP contribution is 2.28. The molecule has 1 saturated heterocycles. The predicted molar refractivity (Wildman–Crippen MR) is 70.4 cm³/mol. The number of halogens is 1. The van der Waals surface area contributed by atoms with E-state index in [4.69, 9.17) is 4.52 Å². The van der Waals surface area contributed by atoms with Gasteiger partial charge in [0.15, 0.2) is 0 Å². The molecular formula is C14H16FN3O. The van der Waals surface area contributed by atoms with Crippen LogP contribution in [0, 0.1) is 18.7 Å². The average molecular weight is 261 g/mol. The maximum atomic E-state index is 14.1. The maximum absolute atomic E-state index is 14.1. The first-order valence-electron chi connectivity index (χ1n) is 6.48. The lowest BCUT2D eigenvalue weighted by molar-refractivity contribution is 0.394. The quantitative estimate of drug-likeness (QED) is 0.833. The molecule has 1 aromatic heterocycles. The van der Waals surface area contributed by atoms with Crippen molar-refractivity contribution in [2.45, 2.75) is 20.3 Å². The van der Waals surface area contributed by atoms with E-state index in [0.717, 1.165) is 25.2 Å². The van der Waals surface area contributed by atoms with E-state index in [1.807, 2.05) is 6.07 Å². The number of hydrogen-bond acceptors (Lipinski definition) is 4. The molecule has 0 amide bonds. The molecule has 3 rings (SSSR count). The van der Waals surface area contributed by atoms with E-state index in [-0.39, 0.29) is 5.82 Å². The molecule has 0 N–H and O–H groups in total. The lowest BCUT2D eigenvalue weighted by Crippen LogP contribution is -2.19. The van der Waals surface area contributed by atoms with Crippen molar-refractivity contribution in [3.05, 3.63) is 29.9 Å². The first-order valence-corrected chi connectivity index (χ1v) is 6.48. The monoisotopic (exact) mass is 261 g/mol. The van der Waals surface area contributed by atoms with E-state index in [1.165, 1.54) is 0 Å². The predicted octanol–water partition coefficient (Wildman–Crippen LogP) is 3.03. The van der Waals surface area contributed by atoms with Gasteiger partial charge in [-0.1, -0.05) is 12.1 Å². The minimum absolute atomic E-state index is 0.302. The lowest BCUT2D eigenvalue weighted by Gasteiger charge is -2.18.